The minimum Gasteiger partial charge on any atom is -0.393 e. The predicted molar refractivity (Wildman–Crippen MR) is 80.3 cm³/mol. The Labute approximate surface area is 122 Å². The summed E-state index contributed by atoms with van der Waals surface area (Å²) in [6.45, 7) is 7.79. The van der Waals surface area contributed by atoms with Crippen LogP contribution in [0, 0.1) is 17.3 Å². The number of aliphatic hydroxyl groups is 1. The molecule has 2 N–H and O–H groups in total. The molecule has 1 amide bonds. The molecule has 0 aromatic heterocycles. The highest BCUT2D eigenvalue weighted by atomic mass is 16.3. The SMILES string of the molecule is CN1CC(CC(O)C2CC2)CC(NC(=O)C(C)(C)C)C1. The number of nitrogens with one attached hydrogen (secondary N) is 1. The van der Waals surface area contributed by atoms with Crippen LogP contribution in [0.25, 0.3) is 0 Å². The zero-order valence-electron chi connectivity index (χ0n) is 13.4. The normalized spacial score (nSPS) is 30.1. The third-order valence-electron chi connectivity index (χ3n) is 4.48. The first-order chi connectivity index (χ1) is 9.25. The van der Waals surface area contributed by atoms with Crippen LogP contribution in [0.1, 0.15) is 46.5 Å². The average molecular weight is 282 g/mol. The monoisotopic (exact) mass is 282 g/mol. The van der Waals surface area contributed by atoms with Gasteiger partial charge in [0.2, 0.25) is 5.91 Å². The highest BCUT2D eigenvalue weighted by Crippen LogP contribution is 2.36. The Morgan fingerprint density at radius 3 is 2.55 bits per heavy atom. The maximum absolute atomic E-state index is 12.1. The van der Waals surface area contributed by atoms with Gasteiger partial charge in [-0.25, -0.2) is 0 Å². The van der Waals surface area contributed by atoms with Crippen LogP contribution in [-0.4, -0.2) is 48.2 Å². The molecule has 3 unspecified atom stereocenters. The van der Waals surface area contributed by atoms with Gasteiger partial charge in [0, 0.05) is 24.5 Å². The summed E-state index contributed by atoms with van der Waals surface area (Å²) in [5.74, 6) is 1.17. The Hall–Kier alpha value is -0.610. The molecule has 0 aromatic rings. The molecule has 4 heteroatoms. The molecule has 1 saturated carbocycles. The van der Waals surface area contributed by atoms with Gasteiger partial charge >= 0.3 is 0 Å². The van der Waals surface area contributed by atoms with E-state index >= 15 is 0 Å². The number of nitrogens with zero attached hydrogens (tertiary/aromatic N) is 1. The van der Waals surface area contributed by atoms with Crippen LogP contribution in [0.4, 0.5) is 0 Å². The van der Waals surface area contributed by atoms with Crippen molar-refractivity contribution in [2.45, 2.75) is 58.6 Å². The zero-order chi connectivity index (χ0) is 14.9. The van der Waals surface area contributed by atoms with E-state index in [0.29, 0.717) is 11.8 Å². The topological polar surface area (TPSA) is 52.6 Å². The third kappa shape index (κ3) is 4.45. The molecule has 2 aliphatic rings. The minimum absolute atomic E-state index is 0.124. The number of amides is 1. The predicted octanol–water partition coefficient (Wildman–Crippen LogP) is 1.63. The van der Waals surface area contributed by atoms with E-state index in [2.05, 4.69) is 17.3 Å². The summed E-state index contributed by atoms with van der Waals surface area (Å²) >= 11 is 0. The van der Waals surface area contributed by atoms with Crippen molar-refractivity contribution in [3.05, 3.63) is 0 Å². The van der Waals surface area contributed by atoms with E-state index in [1.54, 1.807) is 0 Å². The van der Waals surface area contributed by atoms with Gasteiger partial charge in [-0.1, -0.05) is 20.8 Å². The number of rotatable bonds is 4. The fourth-order valence-electron chi connectivity index (χ4n) is 3.14. The molecule has 0 bridgehead atoms. The van der Waals surface area contributed by atoms with E-state index in [4.69, 9.17) is 0 Å². The Morgan fingerprint density at radius 1 is 1.35 bits per heavy atom. The second-order valence-corrected chi connectivity index (χ2v) is 7.88. The van der Waals surface area contributed by atoms with Crippen LogP contribution in [0.15, 0.2) is 0 Å². The third-order valence-corrected chi connectivity index (χ3v) is 4.48. The summed E-state index contributed by atoms with van der Waals surface area (Å²) < 4.78 is 0. The molecular weight excluding hydrogens is 252 g/mol. The smallest absolute Gasteiger partial charge is 0.225 e. The molecule has 20 heavy (non-hydrogen) atoms. The maximum Gasteiger partial charge on any atom is 0.225 e. The van der Waals surface area contributed by atoms with E-state index in [1.807, 2.05) is 20.8 Å². The lowest BCUT2D eigenvalue weighted by molar-refractivity contribution is -0.129. The first-order valence-corrected chi connectivity index (χ1v) is 7.93. The number of hydrogen-bond donors (Lipinski definition) is 2. The van der Waals surface area contributed by atoms with Crippen LogP contribution in [0.5, 0.6) is 0 Å². The molecule has 1 heterocycles. The van der Waals surface area contributed by atoms with Crippen LogP contribution in [0.2, 0.25) is 0 Å². The van der Waals surface area contributed by atoms with E-state index in [-0.39, 0.29) is 23.5 Å². The number of carbonyl (C=O) groups is 1. The van der Waals surface area contributed by atoms with E-state index in [1.165, 1.54) is 12.8 Å². The van der Waals surface area contributed by atoms with Crippen LogP contribution >= 0.6 is 0 Å². The molecular formula is C16H30N2O2. The highest BCUT2D eigenvalue weighted by Gasteiger charge is 2.35. The Morgan fingerprint density at radius 2 is 2.00 bits per heavy atom. The molecule has 1 aliphatic carbocycles. The van der Waals surface area contributed by atoms with Crippen LogP contribution in [-0.2, 0) is 4.79 Å². The van der Waals surface area contributed by atoms with Crippen molar-refractivity contribution in [3.63, 3.8) is 0 Å². The van der Waals surface area contributed by atoms with Gasteiger partial charge in [0.25, 0.3) is 0 Å². The van der Waals surface area contributed by atoms with E-state index < -0.39 is 0 Å². The summed E-state index contributed by atoms with van der Waals surface area (Å²) in [6, 6.07) is 0.219. The lowest BCUT2D eigenvalue weighted by Crippen LogP contribution is -2.52. The van der Waals surface area contributed by atoms with Gasteiger partial charge in [0.05, 0.1) is 6.10 Å². The maximum atomic E-state index is 12.1. The average Bonchev–Trinajstić information content (AvgIpc) is 3.09. The molecule has 3 atom stereocenters. The molecule has 0 radical (unpaired) electrons. The second-order valence-electron chi connectivity index (χ2n) is 7.88. The Kier molecular flexibility index (Phi) is 4.75. The fraction of sp³-hybridized carbons (Fsp3) is 0.938. The van der Waals surface area contributed by atoms with Gasteiger partial charge in [0.15, 0.2) is 0 Å². The fourth-order valence-corrected chi connectivity index (χ4v) is 3.14. The molecule has 2 fully saturated rings. The number of carbonyl (C=O) groups excluding carboxylic acids is 1. The van der Waals surface area contributed by atoms with E-state index in [9.17, 15) is 9.90 Å². The van der Waals surface area contributed by atoms with Crippen molar-refractivity contribution in [2.24, 2.45) is 17.3 Å². The molecule has 116 valence electrons. The standard InChI is InChI=1S/C16H30N2O2/c1-16(2,3)15(20)17-13-7-11(9-18(4)10-13)8-14(19)12-5-6-12/h11-14,19H,5-10H2,1-4H3,(H,17,20). The summed E-state index contributed by atoms with van der Waals surface area (Å²) in [6.07, 6.45) is 4.12. The number of piperidine rings is 1. The molecule has 2 rings (SSSR count). The minimum atomic E-state index is -0.334. The molecule has 1 aliphatic heterocycles. The van der Waals surface area contributed by atoms with Gasteiger partial charge in [-0.3, -0.25) is 4.79 Å². The molecule has 0 aromatic carbocycles. The van der Waals surface area contributed by atoms with Crippen molar-refractivity contribution in [2.75, 3.05) is 20.1 Å². The largest absolute Gasteiger partial charge is 0.393 e. The Balaban J connectivity index is 1.85. The quantitative estimate of drug-likeness (QED) is 0.824. The molecule has 1 saturated heterocycles. The summed E-state index contributed by atoms with van der Waals surface area (Å²) in [5, 5.41) is 13.3. The van der Waals surface area contributed by atoms with Crippen molar-refractivity contribution < 1.29 is 9.90 Å². The number of aliphatic hydroxyl groups excluding tert-OH is 1. The summed E-state index contributed by atoms with van der Waals surface area (Å²) in [5.41, 5.74) is -0.334. The van der Waals surface area contributed by atoms with Crippen molar-refractivity contribution >= 4 is 5.91 Å². The van der Waals surface area contributed by atoms with Gasteiger partial charge in [-0.15, -0.1) is 0 Å². The number of likely N-dealkylation sites (N-methyl/N-ethyl adjacent to an activating group) is 1. The van der Waals surface area contributed by atoms with Crippen molar-refractivity contribution in [1.29, 1.82) is 0 Å². The molecule has 0 spiro atoms. The highest BCUT2D eigenvalue weighted by molar-refractivity contribution is 5.81. The first kappa shape index (κ1) is 15.8. The molecule has 4 nitrogen and oxygen atoms in total. The lowest BCUT2D eigenvalue weighted by atomic mass is 9.87. The van der Waals surface area contributed by atoms with Crippen LogP contribution < -0.4 is 5.32 Å². The first-order valence-electron chi connectivity index (χ1n) is 7.93. The summed E-state index contributed by atoms with van der Waals surface area (Å²) in [4.78, 5) is 14.4. The summed E-state index contributed by atoms with van der Waals surface area (Å²) in [7, 11) is 2.10. The van der Waals surface area contributed by atoms with Crippen molar-refractivity contribution in [3.8, 4) is 0 Å². The van der Waals surface area contributed by atoms with Gasteiger partial charge in [0.1, 0.15) is 0 Å². The van der Waals surface area contributed by atoms with Crippen molar-refractivity contribution in [1.82, 2.24) is 10.2 Å². The van der Waals surface area contributed by atoms with Gasteiger partial charge in [-0.05, 0) is 44.6 Å². The van der Waals surface area contributed by atoms with Crippen LogP contribution in [0.3, 0.4) is 0 Å². The van der Waals surface area contributed by atoms with Gasteiger partial charge in [-0.2, -0.15) is 0 Å². The van der Waals surface area contributed by atoms with E-state index in [0.717, 1.165) is 25.9 Å². The number of hydrogen-bond acceptors (Lipinski definition) is 3. The lowest BCUT2D eigenvalue weighted by Gasteiger charge is -2.37. The zero-order valence-corrected chi connectivity index (χ0v) is 13.4. The second kappa shape index (κ2) is 6.02. The van der Waals surface area contributed by atoms with Gasteiger partial charge < -0.3 is 15.3 Å². The Bertz CT molecular complexity index is 347. The number of likely N-dealkylation sites (tertiary alicyclic amines) is 1.